The number of hydrogen-bond acceptors (Lipinski definition) is 3. The molecular weight excluding hydrogens is 256 g/mol. The maximum Gasteiger partial charge on any atom is 0.310 e. The normalized spacial score (nSPS) is 36.1. The first-order valence-electron chi connectivity index (χ1n) is 7.48. The molecule has 1 saturated heterocycles. The van der Waals surface area contributed by atoms with Gasteiger partial charge in [-0.25, -0.2) is 0 Å². The third-order valence-electron chi connectivity index (χ3n) is 5.27. The van der Waals surface area contributed by atoms with Crippen LogP contribution < -0.4 is 0 Å². The number of hydrogen-bond donors (Lipinski definition) is 1. The van der Waals surface area contributed by atoms with Crippen LogP contribution in [0.2, 0.25) is 0 Å². The fourth-order valence-electron chi connectivity index (χ4n) is 3.98. The quantitative estimate of drug-likeness (QED) is 0.787. The maximum atomic E-state index is 12.0. The minimum Gasteiger partial charge on any atom is -0.481 e. The molecule has 1 heterocycles. The van der Waals surface area contributed by atoms with Gasteiger partial charge in [0.25, 0.3) is 0 Å². The third kappa shape index (κ3) is 2.51. The number of ether oxygens (including phenoxy) is 2. The molecule has 3 atom stereocenters. The molecule has 0 amide bonds. The Morgan fingerprint density at radius 2 is 1.90 bits per heavy atom. The number of carboxylic acid groups (broad SMARTS) is 1. The van der Waals surface area contributed by atoms with Crippen molar-refractivity contribution in [2.45, 2.75) is 52.2 Å². The van der Waals surface area contributed by atoms with Crippen molar-refractivity contribution in [3.63, 3.8) is 0 Å². The molecule has 2 aliphatic rings. The number of carboxylic acids is 1. The second-order valence-electron chi connectivity index (χ2n) is 6.55. The Balaban J connectivity index is 2.20. The minimum atomic E-state index is -0.718. The van der Waals surface area contributed by atoms with E-state index in [1.165, 1.54) is 0 Å². The lowest BCUT2D eigenvalue weighted by Crippen LogP contribution is -2.42. The van der Waals surface area contributed by atoms with Gasteiger partial charge in [0.05, 0.1) is 18.6 Å². The molecular formula is C16H26O4. The Bertz CT molecular complexity index is 397. The molecule has 0 aromatic carbocycles. The van der Waals surface area contributed by atoms with Gasteiger partial charge in [0.1, 0.15) is 0 Å². The highest BCUT2D eigenvalue weighted by Crippen LogP contribution is 2.54. The van der Waals surface area contributed by atoms with Crippen molar-refractivity contribution in [2.24, 2.45) is 17.3 Å². The Labute approximate surface area is 121 Å². The highest BCUT2D eigenvalue weighted by molar-refractivity contribution is 5.76. The van der Waals surface area contributed by atoms with Gasteiger partial charge in [-0.05, 0) is 44.9 Å². The molecule has 0 bridgehead atoms. The standard InChI is InChI=1S/C16H26O4/c1-11(2)13-6-5-12(3)16(13,14(17)18)8-7-15(4)19-9-10-20-15/h12-13H,1,5-10H2,2-4H3,(H,17,18)/t12-,13+,16+/m1/s1. The number of aliphatic carboxylic acids is 1. The van der Waals surface area contributed by atoms with Crippen LogP contribution in [0.1, 0.15) is 46.5 Å². The number of allylic oxidation sites excluding steroid dienone is 1. The van der Waals surface area contributed by atoms with Gasteiger partial charge in [-0.15, -0.1) is 0 Å². The van der Waals surface area contributed by atoms with Crippen molar-refractivity contribution in [2.75, 3.05) is 13.2 Å². The van der Waals surface area contributed by atoms with E-state index in [1.54, 1.807) is 0 Å². The summed E-state index contributed by atoms with van der Waals surface area (Å²) in [6.07, 6.45) is 3.06. The van der Waals surface area contributed by atoms with Crippen molar-refractivity contribution in [3.8, 4) is 0 Å². The zero-order valence-corrected chi connectivity index (χ0v) is 12.8. The van der Waals surface area contributed by atoms with Gasteiger partial charge in [-0.3, -0.25) is 4.79 Å². The molecule has 1 aliphatic carbocycles. The first-order chi connectivity index (χ1) is 9.32. The van der Waals surface area contributed by atoms with E-state index in [2.05, 4.69) is 13.5 Å². The molecule has 114 valence electrons. The van der Waals surface area contributed by atoms with Crippen molar-refractivity contribution in [3.05, 3.63) is 12.2 Å². The lowest BCUT2D eigenvalue weighted by molar-refractivity contribution is -0.166. The van der Waals surface area contributed by atoms with E-state index >= 15 is 0 Å². The number of rotatable bonds is 5. The van der Waals surface area contributed by atoms with Crippen molar-refractivity contribution in [1.29, 1.82) is 0 Å². The van der Waals surface area contributed by atoms with E-state index in [0.717, 1.165) is 18.4 Å². The van der Waals surface area contributed by atoms with E-state index in [0.29, 0.717) is 26.1 Å². The second kappa shape index (κ2) is 5.49. The van der Waals surface area contributed by atoms with E-state index in [1.807, 2.05) is 13.8 Å². The Morgan fingerprint density at radius 3 is 2.40 bits per heavy atom. The zero-order valence-electron chi connectivity index (χ0n) is 12.8. The molecule has 0 aromatic heterocycles. The fraction of sp³-hybridized carbons (Fsp3) is 0.812. The Hall–Kier alpha value is -0.870. The smallest absolute Gasteiger partial charge is 0.310 e. The van der Waals surface area contributed by atoms with Gasteiger partial charge in [0.2, 0.25) is 0 Å². The lowest BCUT2D eigenvalue weighted by Gasteiger charge is -2.37. The molecule has 0 aromatic rings. The van der Waals surface area contributed by atoms with Gasteiger partial charge in [0.15, 0.2) is 5.79 Å². The summed E-state index contributed by atoms with van der Waals surface area (Å²) < 4.78 is 11.2. The molecule has 20 heavy (non-hydrogen) atoms. The van der Waals surface area contributed by atoms with Gasteiger partial charge < -0.3 is 14.6 Å². The molecule has 4 nitrogen and oxygen atoms in total. The highest BCUT2D eigenvalue weighted by atomic mass is 16.7. The molecule has 0 spiro atoms. The lowest BCUT2D eigenvalue weighted by atomic mass is 9.67. The van der Waals surface area contributed by atoms with Crippen LogP contribution in [0.25, 0.3) is 0 Å². The molecule has 4 heteroatoms. The molecule has 2 fully saturated rings. The summed E-state index contributed by atoms with van der Waals surface area (Å²) in [6.45, 7) is 11.1. The topological polar surface area (TPSA) is 55.8 Å². The first-order valence-corrected chi connectivity index (χ1v) is 7.48. The predicted octanol–water partition coefficient (Wildman–Crippen LogP) is 3.22. The fourth-order valence-corrected chi connectivity index (χ4v) is 3.98. The molecule has 2 rings (SSSR count). The minimum absolute atomic E-state index is 0.0556. The average molecular weight is 282 g/mol. The van der Waals surface area contributed by atoms with E-state index in [9.17, 15) is 9.90 Å². The summed E-state index contributed by atoms with van der Waals surface area (Å²) in [6, 6.07) is 0. The van der Waals surface area contributed by atoms with Gasteiger partial charge >= 0.3 is 5.97 Å². The summed E-state index contributed by atoms with van der Waals surface area (Å²) in [5.41, 5.74) is 0.264. The van der Waals surface area contributed by atoms with Crippen LogP contribution in [0.3, 0.4) is 0 Å². The van der Waals surface area contributed by atoms with Crippen LogP contribution >= 0.6 is 0 Å². The predicted molar refractivity (Wildman–Crippen MR) is 76.3 cm³/mol. The molecule has 1 saturated carbocycles. The van der Waals surface area contributed by atoms with Crippen LogP contribution in [-0.4, -0.2) is 30.1 Å². The van der Waals surface area contributed by atoms with Crippen molar-refractivity contribution >= 4 is 5.97 Å². The van der Waals surface area contributed by atoms with E-state index in [-0.39, 0.29) is 11.8 Å². The summed E-state index contributed by atoms with van der Waals surface area (Å²) in [5.74, 6) is -1.10. The summed E-state index contributed by atoms with van der Waals surface area (Å²) >= 11 is 0. The third-order valence-corrected chi connectivity index (χ3v) is 5.27. The average Bonchev–Trinajstić information content (AvgIpc) is 2.92. The Morgan fingerprint density at radius 1 is 1.30 bits per heavy atom. The zero-order chi connectivity index (χ0) is 15.0. The van der Waals surface area contributed by atoms with E-state index in [4.69, 9.17) is 9.47 Å². The summed E-state index contributed by atoms with van der Waals surface area (Å²) in [4.78, 5) is 12.0. The van der Waals surface area contributed by atoms with Crippen LogP contribution in [0.5, 0.6) is 0 Å². The number of carbonyl (C=O) groups is 1. The van der Waals surface area contributed by atoms with Crippen LogP contribution in [0.4, 0.5) is 0 Å². The van der Waals surface area contributed by atoms with Crippen molar-refractivity contribution in [1.82, 2.24) is 0 Å². The summed E-state index contributed by atoms with van der Waals surface area (Å²) in [7, 11) is 0. The van der Waals surface area contributed by atoms with Gasteiger partial charge in [-0.2, -0.15) is 0 Å². The molecule has 1 aliphatic heterocycles. The van der Waals surface area contributed by atoms with Crippen molar-refractivity contribution < 1.29 is 19.4 Å². The SMILES string of the molecule is C=C(C)[C@@H]1CC[C@@H](C)[C@]1(CCC1(C)OCCO1)C(=O)O. The second-order valence-corrected chi connectivity index (χ2v) is 6.55. The molecule has 1 N–H and O–H groups in total. The first kappa shape index (κ1) is 15.5. The largest absolute Gasteiger partial charge is 0.481 e. The van der Waals surface area contributed by atoms with Crippen LogP contribution in [0, 0.1) is 17.3 Å². The van der Waals surface area contributed by atoms with Gasteiger partial charge in [0, 0.05) is 6.42 Å². The van der Waals surface area contributed by atoms with E-state index < -0.39 is 17.2 Å². The molecule has 0 radical (unpaired) electrons. The maximum absolute atomic E-state index is 12.0. The highest BCUT2D eigenvalue weighted by Gasteiger charge is 2.54. The monoisotopic (exact) mass is 282 g/mol. The Kier molecular flexibility index (Phi) is 4.26. The summed E-state index contributed by atoms with van der Waals surface area (Å²) in [5, 5.41) is 9.89. The molecule has 0 unspecified atom stereocenters. The van der Waals surface area contributed by atoms with Crippen LogP contribution in [0.15, 0.2) is 12.2 Å². The van der Waals surface area contributed by atoms with Gasteiger partial charge in [-0.1, -0.05) is 19.1 Å². The van der Waals surface area contributed by atoms with Crippen LogP contribution in [-0.2, 0) is 14.3 Å².